The minimum absolute atomic E-state index is 0.295. The molecule has 3 rings (SSSR count). The Bertz CT molecular complexity index is 717. The van der Waals surface area contributed by atoms with E-state index in [0.717, 1.165) is 35.3 Å². The van der Waals surface area contributed by atoms with E-state index in [9.17, 15) is 13.6 Å². The second-order valence-electron chi connectivity index (χ2n) is 5.13. The molecular weight excluding hydrogens is 336 g/mol. The van der Waals surface area contributed by atoms with E-state index in [1.807, 2.05) is 41.7 Å². The van der Waals surface area contributed by atoms with Gasteiger partial charge in [-0.05, 0) is 53.8 Å². The summed E-state index contributed by atoms with van der Waals surface area (Å²) in [6.07, 6.45) is 1.21. The summed E-state index contributed by atoms with van der Waals surface area (Å²) in [6.45, 7) is 0. The number of benzene rings is 2. The van der Waals surface area contributed by atoms with E-state index in [0.29, 0.717) is 10.3 Å². The first-order valence-corrected chi connectivity index (χ1v) is 9.33. The van der Waals surface area contributed by atoms with Crippen LogP contribution in [0, 0.1) is 11.6 Å². The van der Waals surface area contributed by atoms with Gasteiger partial charge in [-0.2, -0.15) is 0 Å². The van der Waals surface area contributed by atoms with Crippen LogP contribution in [0.4, 0.5) is 14.5 Å². The number of hydrogen-bond donors (Lipinski definition) is 1. The third kappa shape index (κ3) is 4.06. The highest BCUT2D eigenvalue weighted by molar-refractivity contribution is 8.16. The molecular formula is C17H15F2NOS2. The van der Waals surface area contributed by atoms with E-state index < -0.39 is 17.5 Å². The molecule has 0 unspecified atom stereocenters. The lowest BCUT2D eigenvalue weighted by Gasteiger charge is -2.21. The third-order valence-electron chi connectivity index (χ3n) is 3.42. The van der Waals surface area contributed by atoms with Crippen molar-refractivity contribution in [3.8, 4) is 0 Å². The number of amides is 1. The van der Waals surface area contributed by atoms with E-state index in [-0.39, 0.29) is 5.56 Å². The van der Waals surface area contributed by atoms with Crippen LogP contribution >= 0.6 is 23.5 Å². The van der Waals surface area contributed by atoms with E-state index in [1.165, 1.54) is 6.42 Å². The molecule has 2 aromatic carbocycles. The number of thioether (sulfide) groups is 2. The monoisotopic (exact) mass is 351 g/mol. The van der Waals surface area contributed by atoms with Crippen molar-refractivity contribution >= 4 is 35.1 Å². The van der Waals surface area contributed by atoms with Gasteiger partial charge in [0.15, 0.2) is 0 Å². The van der Waals surface area contributed by atoms with Crippen molar-refractivity contribution in [3.05, 3.63) is 65.2 Å². The largest absolute Gasteiger partial charge is 0.322 e. The van der Waals surface area contributed by atoms with Crippen LogP contribution in [0.2, 0.25) is 0 Å². The van der Waals surface area contributed by atoms with Gasteiger partial charge in [0.1, 0.15) is 11.6 Å². The lowest BCUT2D eigenvalue weighted by Crippen LogP contribution is -2.14. The fourth-order valence-corrected chi connectivity index (χ4v) is 5.19. The molecule has 120 valence electrons. The zero-order chi connectivity index (χ0) is 16.2. The van der Waals surface area contributed by atoms with Crippen LogP contribution in [-0.4, -0.2) is 17.4 Å². The summed E-state index contributed by atoms with van der Waals surface area (Å²) in [5.74, 6) is 0.229. The van der Waals surface area contributed by atoms with Crippen LogP contribution in [0.25, 0.3) is 0 Å². The zero-order valence-electron chi connectivity index (χ0n) is 12.2. The molecule has 6 heteroatoms. The number of halogens is 2. The average molecular weight is 351 g/mol. The minimum Gasteiger partial charge on any atom is -0.322 e. The molecule has 0 aliphatic carbocycles. The van der Waals surface area contributed by atoms with E-state index in [2.05, 4.69) is 5.32 Å². The maximum absolute atomic E-state index is 13.7. The Morgan fingerprint density at radius 1 is 1.09 bits per heavy atom. The molecule has 0 saturated carbocycles. The van der Waals surface area contributed by atoms with Crippen LogP contribution in [0.15, 0.2) is 42.5 Å². The summed E-state index contributed by atoms with van der Waals surface area (Å²) in [6, 6.07) is 10.4. The Hall–Kier alpha value is -1.53. The SMILES string of the molecule is O=C(Nc1cccc(C2SCCCS2)c1)c1cc(F)ccc1F. The van der Waals surface area contributed by atoms with Crippen LogP contribution in [-0.2, 0) is 0 Å². The molecule has 1 saturated heterocycles. The molecule has 1 N–H and O–H groups in total. The maximum Gasteiger partial charge on any atom is 0.258 e. The maximum atomic E-state index is 13.7. The van der Waals surface area contributed by atoms with Crippen molar-refractivity contribution in [2.24, 2.45) is 0 Å². The van der Waals surface area contributed by atoms with Crippen molar-refractivity contribution in [3.63, 3.8) is 0 Å². The van der Waals surface area contributed by atoms with Crippen LogP contribution in [0.3, 0.4) is 0 Å². The highest BCUT2D eigenvalue weighted by atomic mass is 32.2. The van der Waals surface area contributed by atoms with Crippen molar-refractivity contribution in [1.82, 2.24) is 0 Å². The third-order valence-corrected chi connectivity index (χ3v) is 6.43. The van der Waals surface area contributed by atoms with Crippen molar-refractivity contribution in [2.45, 2.75) is 11.0 Å². The molecule has 23 heavy (non-hydrogen) atoms. The fraction of sp³-hybridized carbons (Fsp3) is 0.235. The molecule has 1 heterocycles. The molecule has 0 aromatic heterocycles. The van der Waals surface area contributed by atoms with Crippen LogP contribution in [0.5, 0.6) is 0 Å². The van der Waals surface area contributed by atoms with Gasteiger partial charge in [0, 0.05) is 5.69 Å². The summed E-state index contributed by atoms with van der Waals surface area (Å²) < 4.78 is 27.2. The molecule has 1 amide bonds. The number of hydrogen-bond acceptors (Lipinski definition) is 3. The topological polar surface area (TPSA) is 29.1 Å². The van der Waals surface area contributed by atoms with Gasteiger partial charge in [-0.3, -0.25) is 4.79 Å². The minimum atomic E-state index is -0.738. The zero-order valence-corrected chi connectivity index (χ0v) is 13.9. The van der Waals surface area contributed by atoms with Gasteiger partial charge in [0.25, 0.3) is 5.91 Å². The number of carbonyl (C=O) groups excluding carboxylic acids is 1. The highest BCUT2D eigenvalue weighted by Gasteiger charge is 2.18. The first kappa shape index (κ1) is 16.3. The molecule has 0 bridgehead atoms. The molecule has 2 aromatic rings. The average Bonchev–Trinajstić information content (AvgIpc) is 2.58. The second-order valence-corrected chi connectivity index (χ2v) is 7.86. The summed E-state index contributed by atoms with van der Waals surface area (Å²) in [4.78, 5) is 12.1. The van der Waals surface area contributed by atoms with Gasteiger partial charge in [-0.25, -0.2) is 8.78 Å². The van der Waals surface area contributed by atoms with Crippen LogP contribution < -0.4 is 5.32 Å². The predicted molar refractivity (Wildman–Crippen MR) is 93.0 cm³/mol. The Balaban J connectivity index is 1.77. The number of nitrogens with one attached hydrogen (secondary N) is 1. The van der Waals surface area contributed by atoms with Gasteiger partial charge >= 0.3 is 0 Å². The summed E-state index contributed by atoms with van der Waals surface area (Å²) in [7, 11) is 0. The Morgan fingerprint density at radius 2 is 1.87 bits per heavy atom. The normalized spacial score (nSPS) is 15.4. The lowest BCUT2D eigenvalue weighted by molar-refractivity contribution is 0.102. The molecule has 1 aliphatic rings. The van der Waals surface area contributed by atoms with Crippen molar-refractivity contribution < 1.29 is 13.6 Å². The van der Waals surface area contributed by atoms with Gasteiger partial charge in [0.05, 0.1) is 10.1 Å². The van der Waals surface area contributed by atoms with Gasteiger partial charge in [-0.15, -0.1) is 23.5 Å². The Labute approximate surface area is 142 Å². The summed E-state index contributed by atoms with van der Waals surface area (Å²) in [5.41, 5.74) is 1.41. The molecule has 0 atom stereocenters. The first-order chi connectivity index (χ1) is 11.1. The predicted octanol–water partition coefficient (Wildman–Crippen LogP) is 5.09. The fourth-order valence-electron chi connectivity index (χ4n) is 2.31. The van der Waals surface area contributed by atoms with E-state index in [1.54, 1.807) is 6.07 Å². The molecule has 2 nitrogen and oxygen atoms in total. The standard InChI is InChI=1S/C17H15F2NOS2/c18-12-5-6-15(19)14(10-12)16(21)20-13-4-1-3-11(9-13)17-22-7-2-8-23-17/h1,3-6,9-10,17H,2,7-8H2,(H,20,21). The van der Waals surface area contributed by atoms with E-state index >= 15 is 0 Å². The summed E-state index contributed by atoms with van der Waals surface area (Å²) >= 11 is 3.77. The molecule has 0 spiro atoms. The van der Waals surface area contributed by atoms with Crippen LogP contribution in [0.1, 0.15) is 26.9 Å². The van der Waals surface area contributed by atoms with Gasteiger partial charge in [0.2, 0.25) is 0 Å². The molecule has 0 radical (unpaired) electrons. The highest BCUT2D eigenvalue weighted by Crippen LogP contribution is 2.44. The lowest BCUT2D eigenvalue weighted by atomic mass is 10.1. The molecule has 1 aliphatic heterocycles. The second kappa shape index (κ2) is 7.36. The Kier molecular flexibility index (Phi) is 5.23. The molecule has 1 fully saturated rings. The summed E-state index contributed by atoms with van der Waals surface area (Å²) in [5, 5.41) is 2.64. The number of anilines is 1. The first-order valence-electron chi connectivity index (χ1n) is 7.23. The van der Waals surface area contributed by atoms with Crippen molar-refractivity contribution in [2.75, 3.05) is 16.8 Å². The van der Waals surface area contributed by atoms with Gasteiger partial charge in [-0.1, -0.05) is 12.1 Å². The van der Waals surface area contributed by atoms with Gasteiger partial charge < -0.3 is 5.32 Å². The van der Waals surface area contributed by atoms with E-state index in [4.69, 9.17) is 0 Å². The quantitative estimate of drug-likeness (QED) is 0.835. The Morgan fingerprint density at radius 3 is 2.65 bits per heavy atom. The smallest absolute Gasteiger partial charge is 0.258 e. The number of carbonyl (C=O) groups is 1. The van der Waals surface area contributed by atoms with Crippen molar-refractivity contribution in [1.29, 1.82) is 0 Å². The number of rotatable bonds is 3.